The highest BCUT2D eigenvalue weighted by Gasteiger charge is 2.07. The Hall–Kier alpha value is -0.610. The summed E-state index contributed by atoms with van der Waals surface area (Å²) in [6.45, 7) is 0.545. The highest BCUT2D eigenvalue weighted by atomic mass is 35.5. The maximum absolute atomic E-state index is 11.0. The van der Waals surface area contributed by atoms with Gasteiger partial charge in [0.2, 0.25) is 5.91 Å². The van der Waals surface area contributed by atoms with Gasteiger partial charge in [-0.05, 0) is 0 Å². The second-order valence-corrected chi connectivity index (χ2v) is 3.56. The summed E-state index contributed by atoms with van der Waals surface area (Å²) >= 11 is 6.91. The molecule has 1 heterocycles. The van der Waals surface area contributed by atoms with E-state index < -0.39 is 0 Å². The molecule has 66 valence electrons. The van der Waals surface area contributed by atoms with Gasteiger partial charge in [-0.2, -0.15) is 0 Å². The number of carbonyl (C=O) groups is 1. The quantitative estimate of drug-likeness (QED) is 0.697. The van der Waals surface area contributed by atoms with Gasteiger partial charge in [0.1, 0.15) is 10.9 Å². The van der Waals surface area contributed by atoms with E-state index in [1.54, 1.807) is 18.1 Å². The molecule has 0 atom stereocenters. The first kappa shape index (κ1) is 9.48. The summed E-state index contributed by atoms with van der Waals surface area (Å²) in [6, 6.07) is 0. The Morgan fingerprint density at radius 2 is 2.58 bits per heavy atom. The maximum Gasteiger partial charge on any atom is 0.237 e. The van der Waals surface area contributed by atoms with Crippen molar-refractivity contribution in [2.75, 3.05) is 12.9 Å². The van der Waals surface area contributed by atoms with Gasteiger partial charge in [-0.15, -0.1) is 22.9 Å². The Kier molecular flexibility index (Phi) is 3.49. The zero-order valence-electron chi connectivity index (χ0n) is 6.66. The summed E-state index contributed by atoms with van der Waals surface area (Å²) in [5, 5.41) is 2.81. The summed E-state index contributed by atoms with van der Waals surface area (Å²) < 4.78 is 0. The van der Waals surface area contributed by atoms with Crippen LogP contribution in [0.3, 0.4) is 0 Å². The number of nitrogens with zero attached hydrogens (tertiary/aromatic N) is 2. The standard InChI is InChI=1S/C7H9ClN2OS/c1-10(7(11)4-8)5-6-9-2-3-12-6/h2-3H,4-5H2,1H3. The SMILES string of the molecule is CN(Cc1nccs1)C(=O)CCl. The van der Waals surface area contributed by atoms with E-state index in [9.17, 15) is 4.79 Å². The number of hydrogen-bond donors (Lipinski definition) is 0. The van der Waals surface area contributed by atoms with Crippen LogP contribution in [0.4, 0.5) is 0 Å². The molecule has 0 aliphatic heterocycles. The molecular formula is C7H9ClN2OS. The Labute approximate surface area is 80.0 Å². The summed E-state index contributed by atoms with van der Waals surface area (Å²) in [5.74, 6) is -0.0473. The third kappa shape index (κ3) is 2.46. The highest BCUT2D eigenvalue weighted by Crippen LogP contribution is 2.06. The van der Waals surface area contributed by atoms with E-state index in [4.69, 9.17) is 11.6 Å². The fraction of sp³-hybridized carbons (Fsp3) is 0.429. The van der Waals surface area contributed by atoms with Crippen molar-refractivity contribution in [3.05, 3.63) is 16.6 Å². The molecule has 0 radical (unpaired) electrons. The van der Waals surface area contributed by atoms with Crippen LogP contribution >= 0.6 is 22.9 Å². The molecule has 0 spiro atoms. The van der Waals surface area contributed by atoms with Crippen molar-refractivity contribution in [3.63, 3.8) is 0 Å². The van der Waals surface area contributed by atoms with Gasteiger partial charge in [0, 0.05) is 18.6 Å². The first-order valence-corrected chi connectivity index (χ1v) is 4.83. The van der Waals surface area contributed by atoms with Gasteiger partial charge >= 0.3 is 0 Å². The molecule has 0 saturated carbocycles. The lowest BCUT2D eigenvalue weighted by atomic mass is 10.5. The van der Waals surface area contributed by atoms with Crippen LogP contribution in [0.1, 0.15) is 5.01 Å². The van der Waals surface area contributed by atoms with E-state index in [0.717, 1.165) is 5.01 Å². The van der Waals surface area contributed by atoms with E-state index in [1.807, 2.05) is 5.38 Å². The van der Waals surface area contributed by atoms with Gasteiger partial charge in [0.25, 0.3) is 0 Å². The van der Waals surface area contributed by atoms with Crippen LogP contribution in [-0.4, -0.2) is 28.7 Å². The summed E-state index contributed by atoms with van der Waals surface area (Å²) in [5.41, 5.74) is 0. The Bertz CT molecular complexity index is 250. The average molecular weight is 205 g/mol. The average Bonchev–Trinajstić information content (AvgIpc) is 2.55. The largest absolute Gasteiger partial charge is 0.338 e. The molecule has 0 aliphatic carbocycles. The van der Waals surface area contributed by atoms with Crippen molar-refractivity contribution in [1.29, 1.82) is 0 Å². The zero-order valence-corrected chi connectivity index (χ0v) is 8.23. The van der Waals surface area contributed by atoms with Crippen molar-refractivity contribution in [3.8, 4) is 0 Å². The van der Waals surface area contributed by atoms with Crippen LogP contribution < -0.4 is 0 Å². The molecule has 12 heavy (non-hydrogen) atoms. The monoisotopic (exact) mass is 204 g/mol. The molecule has 1 rings (SSSR count). The lowest BCUT2D eigenvalue weighted by molar-refractivity contribution is -0.127. The number of halogens is 1. The Balaban J connectivity index is 2.47. The fourth-order valence-corrected chi connectivity index (χ4v) is 1.60. The minimum atomic E-state index is -0.0770. The minimum absolute atomic E-state index is 0.0296. The van der Waals surface area contributed by atoms with Gasteiger partial charge < -0.3 is 4.90 Å². The lowest BCUT2D eigenvalue weighted by Crippen LogP contribution is -2.26. The van der Waals surface area contributed by atoms with Crippen molar-refractivity contribution in [2.24, 2.45) is 0 Å². The van der Waals surface area contributed by atoms with E-state index in [1.165, 1.54) is 11.3 Å². The molecule has 0 unspecified atom stereocenters. The molecule has 0 N–H and O–H groups in total. The number of rotatable bonds is 3. The van der Waals surface area contributed by atoms with Crippen LogP contribution in [0.5, 0.6) is 0 Å². The van der Waals surface area contributed by atoms with Gasteiger partial charge in [-0.3, -0.25) is 4.79 Å². The lowest BCUT2D eigenvalue weighted by Gasteiger charge is -2.13. The maximum atomic E-state index is 11.0. The Morgan fingerprint density at radius 3 is 3.08 bits per heavy atom. The second-order valence-electron chi connectivity index (χ2n) is 2.31. The van der Waals surface area contributed by atoms with Crippen molar-refractivity contribution in [2.45, 2.75) is 6.54 Å². The van der Waals surface area contributed by atoms with E-state index >= 15 is 0 Å². The molecule has 0 bridgehead atoms. The highest BCUT2D eigenvalue weighted by molar-refractivity contribution is 7.09. The number of thiazole rings is 1. The van der Waals surface area contributed by atoms with E-state index in [2.05, 4.69) is 4.98 Å². The summed E-state index contributed by atoms with van der Waals surface area (Å²) in [7, 11) is 1.71. The van der Waals surface area contributed by atoms with E-state index in [0.29, 0.717) is 6.54 Å². The zero-order chi connectivity index (χ0) is 8.97. The number of hydrogen-bond acceptors (Lipinski definition) is 3. The van der Waals surface area contributed by atoms with Crippen molar-refractivity contribution >= 4 is 28.8 Å². The molecule has 1 amide bonds. The van der Waals surface area contributed by atoms with Crippen LogP contribution in [-0.2, 0) is 11.3 Å². The third-order valence-electron chi connectivity index (χ3n) is 1.40. The van der Waals surface area contributed by atoms with Gasteiger partial charge in [-0.1, -0.05) is 0 Å². The predicted octanol–water partition coefficient (Wildman–Crippen LogP) is 1.34. The molecule has 1 aromatic rings. The first-order chi connectivity index (χ1) is 5.74. The number of aromatic nitrogens is 1. The predicted molar refractivity (Wildman–Crippen MR) is 49.3 cm³/mol. The number of carbonyl (C=O) groups excluding carboxylic acids is 1. The number of alkyl halides is 1. The van der Waals surface area contributed by atoms with Crippen LogP contribution in [0, 0.1) is 0 Å². The van der Waals surface area contributed by atoms with Gasteiger partial charge in [0.05, 0.1) is 6.54 Å². The molecule has 0 aliphatic rings. The molecule has 0 aromatic carbocycles. The molecule has 3 nitrogen and oxygen atoms in total. The Morgan fingerprint density at radius 1 is 1.83 bits per heavy atom. The third-order valence-corrected chi connectivity index (χ3v) is 2.39. The minimum Gasteiger partial charge on any atom is -0.338 e. The van der Waals surface area contributed by atoms with E-state index in [-0.39, 0.29) is 11.8 Å². The molecule has 1 aromatic heterocycles. The van der Waals surface area contributed by atoms with Crippen LogP contribution in [0.15, 0.2) is 11.6 Å². The van der Waals surface area contributed by atoms with Crippen molar-refractivity contribution < 1.29 is 4.79 Å². The van der Waals surface area contributed by atoms with Gasteiger partial charge in [-0.25, -0.2) is 4.98 Å². The fourth-order valence-electron chi connectivity index (χ4n) is 0.724. The normalized spacial score (nSPS) is 9.83. The van der Waals surface area contributed by atoms with Crippen molar-refractivity contribution in [1.82, 2.24) is 9.88 Å². The molecular weight excluding hydrogens is 196 g/mol. The first-order valence-electron chi connectivity index (χ1n) is 3.42. The number of amides is 1. The van der Waals surface area contributed by atoms with Crippen LogP contribution in [0.2, 0.25) is 0 Å². The topological polar surface area (TPSA) is 33.2 Å². The molecule has 5 heteroatoms. The summed E-state index contributed by atoms with van der Waals surface area (Å²) in [6.07, 6.45) is 1.72. The molecule has 0 fully saturated rings. The second kappa shape index (κ2) is 4.42. The van der Waals surface area contributed by atoms with Gasteiger partial charge in [0.15, 0.2) is 0 Å². The molecule has 0 saturated heterocycles. The summed E-state index contributed by atoms with van der Waals surface area (Å²) in [4.78, 5) is 16.6. The smallest absolute Gasteiger partial charge is 0.237 e. The van der Waals surface area contributed by atoms with Crippen LogP contribution in [0.25, 0.3) is 0 Å².